The number of imide groups is 1. The summed E-state index contributed by atoms with van der Waals surface area (Å²) in [5.74, 6) is -0.440. The van der Waals surface area contributed by atoms with Crippen molar-refractivity contribution in [2.75, 3.05) is 13.1 Å². The van der Waals surface area contributed by atoms with Crippen LogP contribution in [0.25, 0.3) is 0 Å². The smallest absolute Gasteiger partial charge is 0.870 e. The van der Waals surface area contributed by atoms with Crippen LogP contribution in [0.15, 0.2) is 30.3 Å². The van der Waals surface area contributed by atoms with Gasteiger partial charge < -0.3 is 31.5 Å². The summed E-state index contributed by atoms with van der Waals surface area (Å²) < 4.78 is 5.34. The van der Waals surface area contributed by atoms with Crippen LogP contribution in [0.5, 0.6) is 0 Å². The SMILES string of the molecule is C.CC(C)(C)OC(=O)N1CCC(NC(=O)NC(=O)c2ccccc2)CC1.NC(=O)NC1CCCCC1.[Na+].[OH-]. The molecule has 11 nitrogen and oxygen atoms in total. The maximum Gasteiger partial charge on any atom is 1.00 e. The van der Waals surface area contributed by atoms with Crippen molar-refractivity contribution in [1.29, 1.82) is 0 Å². The zero-order valence-corrected chi connectivity index (χ0v) is 24.4. The number of hydrogen-bond donors (Lipinski definition) is 4. The van der Waals surface area contributed by atoms with Gasteiger partial charge in [0, 0.05) is 30.7 Å². The first-order valence-electron chi connectivity index (χ1n) is 12.2. The monoisotopic (exact) mass is 545 g/mol. The molecule has 1 saturated heterocycles. The Morgan fingerprint density at radius 1 is 0.895 bits per heavy atom. The number of ether oxygens (including phenoxy) is 1. The Kier molecular flexibility index (Phi) is 18.7. The Bertz CT molecular complexity index is 851. The standard InChI is InChI=1S/C18H25N3O4.C7H14N2O.CH4.Na.H2O/c1-18(2,3)25-17(24)21-11-9-14(10-12-21)19-16(23)20-15(22)13-7-5-4-6-8-13;8-7(10)9-6-4-2-1-3-5-6;;;/h4-8,14H,9-12H2,1-3H3,(H2,19,20,22,23);6H,1-5H2,(H3,8,9,10);1H4;;1H2/q;;;+1;/p-1. The van der Waals surface area contributed by atoms with E-state index in [-0.39, 0.29) is 60.6 Å². The van der Waals surface area contributed by atoms with Crippen LogP contribution in [0.2, 0.25) is 0 Å². The third kappa shape index (κ3) is 15.2. The number of hydrogen-bond acceptors (Lipinski definition) is 6. The third-order valence-corrected chi connectivity index (χ3v) is 5.70. The fourth-order valence-corrected chi connectivity index (χ4v) is 3.97. The molecule has 1 aromatic carbocycles. The molecule has 1 heterocycles. The maximum atomic E-state index is 12.0. The number of likely N-dealkylation sites (tertiary alicyclic amines) is 1. The van der Waals surface area contributed by atoms with Crippen molar-refractivity contribution in [3.63, 3.8) is 0 Å². The van der Waals surface area contributed by atoms with Crippen molar-refractivity contribution in [1.82, 2.24) is 20.9 Å². The molecule has 12 heteroatoms. The third-order valence-electron chi connectivity index (χ3n) is 5.70. The number of piperidine rings is 1. The van der Waals surface area contributed by atoms with Gasteiger partial charge in [-0.3, -0.25) is 10.1 Å². The van der Waals surface area contributed by atoms with Gasteiger partial charge in [0.2, 0.25) is 0 Å². The minimum atomic E-state index is -0.524. The molecular formula is C26H44N5NaO6. The number of nitrogens with one attached hydrogen (secondary N) is 3. The number of nitrogens with zero attached hydrogens (tertiary/aromatic N) is 1. The van der Waals surface area contributed by atoms with E-state index in [4.69, 9.17) is 10.5 Å². The first-order chi connectivity index (χ1) is 16.5. The molecule has 0 aromatic heterocycles. The van der Waals surface area contributed by atoms with Crippen molar-refractivity contribution in [2.24, 2.45) is 5.73 Å². The van der Waals surface area contributed by atoms with Crippen LogP contribution >= 0.6 is 0 Å². The molecule has 1 aliphatic carbocycles. The topological polar surface area (TPSA) is 173 Å². The van der Waals surface area contributed by atoms with Crippen LogP contribution < -0.4 is 51.2 Å². The number of carbonyl (C=O) groups is 4. The normalized spacial score (nSPS) is 15.5. The average Bonchev–Trinajstić information content (AvgIpc) is 2.79. The van der Waals surface area contributed by atoms with Gasteiger partial charge in [0.15, 0.2) is 0 Å². The second kappa shape index (κ2) is 18.8. The van der Waals surface area contributed by atoms with Crippen LogP contribution in [0, 0.1) is 0 Å². The van der Waals surface area contributed by atoms with Gasteiger partial charge in [0.05, 0.1) is 0 Å². The van der Waals surface area contributed by atoms with E-state index in [1.54, 1.807) is 35.2 Å². The fourth-order valence-electron chi connectivity index (χ4n) is 3.97. The molecule has 6 N–H and O–H groups in total. The second-order valence-corrected chi connectivity index (χ2v) is 9.88. The minimum Gasteiger partial charge on any atom is -0.870 e. The predicted octanol–water partition coefficient (Wildman–Crippen LogP) is 0.976. The second-order valence-electron chi connectivity index (χ2n) is 9.88. The molecule has 2 fully saturated rings. The number of rotatable bonds is 3. The van der Waals surface area contributed by atoms with E-state index in [9.17, 15) is 19.2 Å². The average molecular weight is 546 g/mol. The van der Waals surface area contributed by atoms with Crippen molar-refractivity contribution in [2.45, 2.75) is 90.8 Å². The van der Waals surface area contributed by atoms with Gasteiger partial charge in [-0.1, -0.05) is 44.9 Å². The molecule has 6 amide bonds. The molecule has 1 aliphatic heterocycles. The Morgan fingerprint density at radius 3 is 1.92 bits per heavy atom. The molecule has 3 rings (SSSR count). The van der Waals surface area contributed by atoms with E-state index in [2.05, 4.69) is 16.0 Å². The van der Waals surface area contributed by atoms with E-state index >= 15 is 0 Å². The summed E-state index contributed by atoms with van der Waals surface area (Å²) in [6.45, 7) is 6.49. The molecule has 0 unspecified atom stereocenters. The number of amides is 6. The molecule has 0 spiro atoms. The summed E-state index contributed by atoms with van der Waals surface area (Å²) in [6.07, 6.45) is 6.85. The van der Waals surface area contributed by atoms with Crippen molar-refractivity contribution in [3.8, 4) is 0 Å². The van der Waals surface area contributed by atoms with E-state index in [0.29, 0.717) is 37.5 Å². The van der Waals surface area contributed by atoms with E-state index < -0.39 is 17.5 Å². The quantitative estimate of drug-likeness (QED) is 0.412. The zero-order valence-electron chi connectivity index (χ0n) is 22.4. The van der Waals surface area contributed by atoms with E-state index in [1.165, 1.54) is 19.3 Å². The summed E-state index contributed by atoms with van der Waals surface area (Å²) >= 11 is 0. The van der Waals surface area contributed by atoms with Crippen LogP contribution in [0.4, 0.5) is 14.4 Å². The molecule has 1 aromatic rings. The van der Waals surface area contributed by atoms with Gasteiger partial charge in [0.25, 0.3) is 5.91 Å². The number of carbonyl (C=O) groups excluding carboxylic acids is 4. The van der Waals surface area contributed by atoms with Gasteiger partial charge in [-0.2, -0.15) is 0 Å². The van der Waals surface area contributed by atoms with Crippen LogP contribution in [0.1, 0.15) is 83.5 Å². The van der Waals surface area contributed by atoms with E-state index in [1.807, 2.05) is 20.8 Å². The van der Waals surface area contributed by atoms with Crippen LogP contribution in [0.3, 0.4) is 0 Å². The van der Waals surface area contributed by atoms with Gasteiger partial charge in [-0.25, -0.2) is 14.4 Å². The Balaban J connectivity index is 0. The van der Waals surface area contributed by atoms with Gasteiger partial charge >= 0.3 is 47.7 Å². The summed E-state index contributed by atoms with van der Waals surface area (Å²) in [4.78, 5) is 47.9. The Labute approximate surface area is 248 Å². The summed E-state index contributed by atoms with van der Waals surface area (Å²) in [5, 5.41) is 7.81. The Hall–Kier alpha value is -2.34. The predicted molar refractivity (Wildman–Crippen MR) is 142 cm³/mol. The largest absolute Gasteiger partial charge is 1.00 e. The maximum absolute atomic E-state index is 12.0. The fraction of sp³-hybridized carbons (Fsp3) is 0.615. The zero-order chi connectivity index (χ0) is 25.8. The minimum absolute atomic E-state index is 0. The molecule has 210 valence electrons. The molecule has 1 saturated carbocycles. The molecule has 0 atom stereocenters. The van der Waals surface area contributed by atoms with Gasteiger partial charge in [0.1, 0.15) is 5.60 Å². The molecule has 2 aliphatic rings. The van der Waals surface area contributed by atoms with Crippen molar-refractivity contribution >= 4 is 24.1 Å². The van der Waals surface area contributed by atoms with E-state index in [0.717, 1.165) is 12.8 Å². The first kappa shape index (κ1) is 37.8. The van der Waals surface area contributed by atoms with Crippen molar-refractivity contribution in [3.05, 3.63) is 35.9 Å². The number of nitrogens with two attached hydrogens (primary N) is 1. The van der Waals surface area contributed by atoms with Gasteiger partial charge in [-0.05, 0) is 58.6 Å². The number of urea groups is 2. The Morgan fingerprint density at radius 2 is 1.42 bits per heavy atom. The van der Waals surface area contributed by atoms with Crippen molar-refractivity contribution < 1.29 is 58.9 Å². The molecule has 0 bridgehead atoms. The summed E-state index contributed by atoms with van der Waals surface area (Å²) in [5.41, 5.74) is 4.88. The summed E-state index contributed by atoms with van der Waals surface area (Å²) in [6, 6.07) is 7.92. The summed E-state index contributed by atoms with van der Waals surface area (Å²) in [7, 11) is 0. The first-order valence-corrected chi connectivity index (χ1v) is 12.2. The molecule has 38 heavy (non-hydrogen) atoms. The van der Waals surface area contributed by atoms with Crippen LogP contribution in [-0.4, -0.2) is 65.2 Å². The number of benzene rings is 1. The molecule has 0 radical (unpaired) electrons. The van der Waals surface area contributed by atoms with Gasteiger partial charge in [-0.15, -0.1) is 0 Å². The molecular weight excluding hydrogens is 501 g/mol. The number of primary amides is 1. The van der Waals surface area contributed by atoms with Crippen LogP contribution in [-0.2, 0) is 4.74 Å².